The number of hydrogen-bond donors (Lipinski definition) is 1. The summed E-state index contributed by atoms with van der Waals surface area (Å²) in [6, 6.07) is 1.98. The molecule has 1 aliphatic heterocycles. The minimum atomic E-state index is -0.0243. The number of thiazole rings is 2. The number of hydrogen-bond acceptors (Lipinski definition) is 9. The van der Waals surface area contributed by atoms with Gasteiger partial charge in [-0.15, -0.1) is 22.7 Å². The van der Waals surface area contributed by atoms with Crippen LogP contribution in [0.2, 0.25) is 0 Å². The van der Waals surface area contributed by atoms with Gasteiger partial charge in [0.15, 0.2) is 5.65 Å². The number of fused-ring (bicyclic) bond motifs is 3. The molecule has 0 unspecified atom stereocenters. The summed E-state index contributed by atoms with van der Waals surface area (Å²) in [5.74, 6) is 0. The van der Waals surface area contributed by atoms with Gasteiger partial charge in [0.2, 0.25) is 0 Å². The van der Waals surface area contributed by atoms with Crippen LogP contribution in [0.4, 0.5) is 0 Å². The van der Waals surface area contributed by atoms with Crippen molar-refractivity contribution in [3.8, 4) is 0 Å². The zero-order chi connectivity index (χ0) is 20.7. The number of aryl methyl sites for hydroxylation is 2. The van der Waals surface area contributed by atoms with Gasteiger partial charge in [0.05, 0.1) is 47.8 Å². The van der Waals surface area contributed by atoms with Crippen molar-refractivity contribution in [1.82, 2.24) is 29.3 Å². The van der Waals surface area contributed by atoms with Crippen molar-refractivity contribution < 1.29 is 9.84 Å². The standard InChI is InChI=1S/C19H21N7O2S2/c1-24-4-3-12(23-24)7-26-11-28-9-15-14(6-20-26)18-19(25(15)2)22-16(30-18)5-13-10-29-17(8-27)21-13/h3-4,6,10,27H,5,7-9,11H2,1-2H3/b20-6-. The van der Waals surface area contributed by atoms with Gasteiger partial charge in [0.25, 0.3) is 0 Å². The Balaban J connectivity index is 1.43. The molecule has 4 aromatic rings. The summed E-state index contributed by atoms with van der Waals surface area (Å²) in [4.78, 5) is 9.27. The fourth-order valence-corrected chi connectivity index (χ4v) is 5.27. The molecule has 4 aromatic heterocycles. The van der Waals surface area contributed by atoms with Crippen LogP contribution in [0.3, 0.4) is 0 Å². The Morgan fingerprint density at radius 3 is 2.87 bits per heavy atom. The molecule has 156 valence electrons. The van der Waals surface area contributed by atoms with Crippen molar-refractivity contribution >= 4 is 39.2 Å². The summed E-state index contributed by atoms with van der Waals surface area (Å²) in [7, 11) is 3.92. The van der Waals surface area contributed by atoms with Crippen LogP contribution in [0, 0.1) is 0 Å². The van der Waals surface area contributed by atoms with Crippen molar-refractivity contribution in [1.29, 1.82) is 0 Å². The lowest BCUT2D eigenvalue weighted by Gasteiger charge is -2.20. The van der Waals surface area contributed by atoms with Crippen molar-refractivity contribution in [2.24, 2.45) is 19.2 Å². The lowest BCUT2D eigenvalue weighted by Crippen LogP contribution is -2.23. The molecular weight excluding hydrogens is 422 g/mol. The smallest absolute Gasteiger partial charge is 0.152 e. The third kappa shape index (κ3) is 3.65. The number of aromatic nitrogens is 5. The molecular formula is C19H21N7O2S2. The minimum Gasteiger partial charge on any atom is -0.389 e. The molecule has 1 aliphatic rings. The number of hydrazone groups is 1. The van der Waals surface area contributed by atoms with E-state index in [9.17, 15) is 5.11 Å². The molecule has 0 atom stereocenters. The lowest BCUT2D eigenvalue weighted by atomic mass is 10.2. The number of rotatable bonds is 5. The molecule has 0 saturated heterocycles. The van der Waals surface area contributed by atoms with E-state index in [4.69, 9.17) is 9.72 Å². The molecule has 0 radical (unpaired) electrons. The van der Waals surface area contributed by atoms with E-state index in [2.05, 4.69) is 19.8 Å². The zero-order valence-corrected chi connectivity index (χ0v) is 18.3. The van der Waals surface area contributed by atoms with Gasteiger partial charge in [0.1, 0.15) is 16.7 Å². The maximum Gasteiger partial charge on any atom is 0.152 e. The van der Waals surface area contributed by atoms with Crippen molar-refractivity contribution in [3.63, 3.8) is 0 Å². The van der Waals surface area contributed by atoms with E-state index < -0.39 is 0 Å². The van der Waals surface area contributed by atoms with E-state index in [-0.39, 0.29) is 6.61 Å². The van der Waals surface area contributed by atoms with Gasteiger partial charge in [-0.1, -0.05) is 0 Å². The fraction of sp³-hybridized carbons (Fsp3) is 0.368. The summed E-state index contributed by atoms with van der Waals surface area (Å²) < 4.78 is 10.9. The Morgan fingerprint density at radius 2 is 2.10 bits per heavy atom. The Labute approximate surface area is 180 Å². The third-order valence-electron chi connectivity index (χ3n) is 4.94. The summed E-state index contributed by atoms with van der Waals surface area (Å²) in [5, 5.41) is 23.9. The highest BCUT2D eigenvalue weighted by Gasteiger charge is 2.21. The fourth-order valence-electron chi connectivity index (χ4n) is 3.48. The molecule has 0 bridgehead atoms. The molecule has 0 amide bonds. The first kappa shape index (κ1) is 19.4. The topological polar surface area (TPSA) is 93.6 Å². The first-order chi connectivity index (χ1) is 14.6. The first-order valence-electron chi connectivity index (χ1n) is 9.47. The average molecular weight is 444 g/mol. The predicted molar refractivity (Wildman–Crippen MR) is 115 cm³/mol. The SMILES string of the molecule is Cn1ccc(CN2COCc3c(c4sc(Cc5csc(CO)n5)nc4n3C)/C=N\2)n1. The molecule has 9 nitrogen and oxygen atoms in total. The van der Waals surface area contributed by atoms with Crippen LogP contribution in [0.5, 0.6) is 0 Å². The largest absolute Gasteiger partial charge is 0.389 e. The highest BCUT2D eigenvalue weighted by Crippen LogP contribution is 2.32. The van der Waals surface area contributed by atoms with Crippen LogP contribution in [-0.2, 0) is 45.0 Å². The van der Waals surface area contributed by atoms with E-state index >= 15 is 0 Å². The summed E-state index contributed by atoms with van der Waals surface area (Å²) in [6.07, 6.45) is 4.50. The van der Waals surface area contributed by atoms with E-state index in [1.807, 2.05) is 43.0 Å². The van der Waals surface area contributed by atoms with Crippen LogP contribution >= 0.6 is 22.7 Å². The minimum absolute atomic E-state index is 0.0243. The molecule has 1 N–H and O–H groups in total. The lowest BCUT2D eigenvalue weighted by molar-refractivity contribution is 0.0117. The molecule has 11 heteroatoms. The zero-order valence-electron chi connectivity index (χ0n) is 16.6. The highest BCUT2D eigenvalue weighted by molar-refractivity contribution is 7.19. The first-order valence-corrected chi connectivity index (χ1v) is 11.2. The van der Waals surface area contributed by atoms with Crippen molar-refractivity contribution in [2.75, 3.05) is 6.73 Å². The number of nitrogens with zero attached hydrogens (tertiary/aromatic N) is 7. The van der Waals surface area contributed by atoms with Crippen LogP contribution in [0.1, 0.15) is 32.7 Å². The summed E-state index contributed by atoms with van der Waals surface area (Å²) >= 11 is 3.13. The van der Waals surface area contributed by atoms with Crippen molar-refractivity contribution in [2.45, 2.75) is 26.2 Å². The molecule has 30 heavy (non-hydrogen) atoms. The van der Waals surface area contributed by atoms with Gasteiger partial charge in [-0.2, -0.15) is 10.2 Å². The van der Waals surface area contributed by atoms with E-state index in [1.54, 1.807) is 16.0 Å². The molecule has 0 saturated carbocycles. The molecule has 5 heterocycles. The van der Waals surface area contributed by atoms with Gasteiger partial charge >= 0.3 is 0 Å². The molecule has 0 aromatic carbocycles. The van der Waals surface area contributed by atoms with Gasteiger partial charge in [-0.05, 0) is 6.07 Å². The number of ether oxygens (including phenoxy) is 1. The second-order valence-corrected chi connectivity index (χ2v) is 9.14. The van der Waals surface area contributed by atoms with E-state index in [0.717, 1.165) is 43.0 Å². The van der Waals surface area contributed by atoms with Gasteiger partial charge < -0.3 is 14.4 Å². The van der Waals surface area contributed by atoms with Crippen molar-refractivity contribution in [3.05, 3.63) is 50.3 Å². The maximum atomic E-state index is 9.23. The second kappa shape index (κ2) is 7.91. The normalized spacial score (nSPS) is 15.4. The average Bonchev–Trinajstić information content (AvgIpc) is 3.47. The Morgan fingerprint density at radius 1 is 1.20 bits per heavy atom. The summed E-state index contributed by atoms with van der Waals surface area (Å²) in [5.41, 5.74) is 4.95. The van der Waals surface area contributed by atoms with Gasteiger partial charge in [-0.3, -0.25) is 9.69 Å². The number of aliphatic hydroxyl groups is 1. The maximum absolute atomic E-state index is 9.23. The third-order valence-corrected chi connectivity index (χ3v) is 6.90. The molecule has 0 spiro atoms. The van der Waals surface area contributed by atoms with E-state index in [0.29, 0.717) is 26.3 Å². The second-order valence-electron chi connectivity index (χ2n) is 7.11. The molecule has 0 aliphatic carbocycles. The molecule has 0 fully saturated rings. The van der Waals surface area contributed by atoms with Crippen LogP contribution < -0.4 is 0 Å². The predicted octanol–water partition coefficient (Wildman–Crippen LogP) is 2.23. The van der Waals surface area contributed by atoms with Crippen LogP contribution in [-0.4, -0.2) is 47.4 Å². The quantitative estimate of drug-likeness (QED) is 0.508. The van der Waals surface area contributed by atoms with E-state index in [1.165, 1.54) is 11.3 Å². The molecule has 5 rings (SSSR count). The number of aliphatic hydroxyl groups excluding tert-OH is 1. The highest BCUT2D eigenvalue weighted by atomic mass is 32.1. The van der Waals surface area contributed by atoms with Gasteiger partial charge in [-0.25, -0.2) is 9.97 Å². The Bertz CT molecular complexity index is 1220. The Kier molecular flexibility index (Phi) is 5.11. The monoisotopic (exact) mass is 443 g/mol. The summed E-state index contributed by atoms with van der Waals surface area (Å²) in [6.45, 7) is 1.47. The Hall–Kier alpha value is -2.60. The van der Waals surface area contributed by atoms with Gasteiger partial charge in [0, 0.05) is 37.7 Å². The van der Waals surface area contributed by atoms with Crippen LogP contribution in [0.25, 0.3) is 10.3 Å². The van der Waals surface area contributed by atoms with Crippen LogP contribution in [0.15, 0.2) is 22.7 Å².